The first kappa shape index (κ1) is 19.7. The maximum atomic E-state index is 5.49. The SMILES string of the molecule is COc1cc(OC)cc(-c2cccc(C)c2-[n+]2csc3c2CCCC3)c1.[Cl-]. The van der Waals surface area contributed by atoms with E-state index in [0.29, 0.717) is 0 Å². The first-order chi connectivity index (χ1) is 12.7. The second-order valence-electron chi connectivity index (χ2n) is 6.74. The Balaban J connectivity index is 0.00000210. The Kier molecular flexibility index (Phi) is 6.08. The molecule has 27 heavy (non-hydrogen) atoms. The first-order valence-corrected chi connectivity index (χ1v) is 9.93. The van der Waals surface area contributed by atoms with Gasteiger partial charge < -0.3 is 21.9 Å². The number of aryl methyl sites for hydroxylation is 2. The maximum absolute atomic E-state index is 5.49. The van der Waals surface area contributed by atoms with E-state index < -0.39 is 0 Å². The molecule has 5 heteroatoms. The Morgan fingerprint density at radius 3 is 2.37 bits per heavy atom. The Labute approximate surface area is 171 Å². The number of ether oxygens (including phenoxy) is 2. The minimum absolute atomic E-state index is 0. The van der Waals surface area contributed by atoms with Gasteiger partial charge in [-0.3, -0.25) is 0 Å². The molecule has 0 fully saturated rings. The van der Waals surface area contributed by atoms with Crippen molar-refractivity contribution in [1.29, 1.82) is 0 Å². The summed E-state index contributed by atoms with van der Waals surface area (Å²) < 4.78 is 13.4. The average molecular weight is 402 g/mol. The number of thiazole rings is 1. The molecule has 0 atom stereocenters. The summed E-state index contributed by atoms with van der Waals surface area (Å²) in [4.78, 5) is 1.54. The third kappa shape index (κ3) is 3.69. The number of halogens is 1. The summed E-state index contributed by atoms with van der Waals surface area (Å²) in [6.07, 6.45) is 4.95. The molecule has 0 saturated carbocycles. The van der Waals surface area contributed by atoms with Crippen molar-refractivity contribution in [1.82, 2.24) is 0 Å². The predicted octanol–water partition coefficient (Wildman–Crippen LogP) is 1.90. The van der Waals surface area contributed by atoms with Gasteiger partial charge in [0, 0.05) is 18.1 Å². The zero-order valence-electron chi connectivity index (χ0n) is 15.9. The molecule has 1 aromatic heterocycles. The summed E-state index contributed by atoms with van der Waals surface area (Å²) in [5.74, 6) is 1.62. The summed E-state index contributed by atoms with van der Waals surface area (Å²) in [5, 5.41) is 0. The van der Waals surface area contributed by atoms with E-state index in [0.717, 1.165) is 23.5 Å². The molecule has 1 heterocycles. The number of rotatable bonds is 4. The lowest BCUT2D eigenvalue weighted by atomic mass is 9.98. The van der Waals surface area contributed by atoms with E-state index >= 15 is 0 Å². The van der Waals surface area contributed by atoms with Crippen molar-refractivity contribution >= 4 is 11.3 Å². The average Bonchev–Trinajstić information content (AvgIpc) is 3.11. The zero-order valence-corrected chi connectivity index (χ0v) is 17.5. The summed E-state index contributed by atoms with van der Waals surface area (Å²) in [6.45, 7) is 2.19. The van der Waals surface area contributed by atoms with Crippen LogP contribution in [-0.4, -0.2) is 14.2 Å². The number of nitrogens with zero attached hydrogens (tertiary/aromatic N) is 1. The topological polar surface area (TPSA) is 22.3 Å². The highest BCUT2D eigenvalue weighted by atomic mass is 35.5. The smallest absolute Gasteiger partial charge is 0.231 e. The predicted molar refractivity (Wildman–Crippen MR) is 106 cm³/mol. The van der Waals surface area contributed by atoms with Gasteiger partial charge in [-0.15, -0.1) is 0 Å². The van der Waals surface area contributed by atoms with Gasteiger partial charge in [0.25, 0.3) is 0 Å². The van der Waals surface area contributed by atoms with Gasteiger partial charge in [0.15, 0.2) is 0 Å². The molecule has 142 valence electrons. The number of fused-ring (bicyclic) bond motifs is 1. The van der Waals surface area contributed by atoms with Crippen molar-refractivity contribution in [2.45, 2.75) is 32.6 Å². The highest BCUT2D eigenvalue weighted by molar-refractivity contribution is 7.09. The van der Waals surface area contributed by atoms with E-state index in [9.17, 15) is 0 Å². The van der Waals surface area contributed by atoms with E-state index in [2.05, 4.69) is 47.3 Å². The summed E-state index contributed by atoms with van der Waals surface area (Å²) >= 11 is 1.89. The van der Waals surface area contributed by atoms with Crippen LogP contribution in [0, 0.1) is 6.92 Å². The molecular weight excluding hydrogens is 378 g/mol. The van der Waals surface area contributed by atoms with E-state index in [4.69, 9.17) is 9.47 Å². The molecular formula is C22H24ClNO2S. The van der Waals surface area contributed by atoms with Gasteiger partial charge in [0.05, 0.1) is 24.7 Å². The Morgan fingerprint density at radius 1 is 0.963 bits per heavy atom. The van der Waals surface area contributed by atoms with Gasteiger partial charge in [0.1, 0.15) is 11.5 Å². The van der Waals surface area contributed by atoms with Gasteiger partial charge in [-0.05, 0) is 49.9 Å². The molecule has 0 aliphatic heterocycles. The standard InChI is InChI=1S/C22H24NO2S.ClH/c1-15-7-6-8-19(16-11-17(24-2)13-18(12-16)25-3)22(15)23-14-26-21-10-5-4-9-20(21)23;/h6-8,11-14H,4-5,9-10H2,1-3H3;1H/q+1;/p-1. The van der Waals surface area contributed by atoms with Crippen LogP contribution in [0.3, 0.4) is 0 Å². The van der Waals surface area contributed by atoms with Crippen molar-refractivity contribution in [3.63, 3.8) is 0 Å². The van der Waals surface area contributed by atoms with Gasteiger partial charge >= 0.3 is 0 Å². The van der Waals surface area contributed by atoms with Crippen LogP contribution in [0.25, 0.3) is 16.8 Å². The fourth-order valence-corrected chi connectivity index (χ4v) is 4.85. The van der Waals surface area contributed by atoms with Gasteiger partial charge in [-0.2, -0.15) is 4.57 Å². The largest absolute Gasteiger partial charge is 1.00 e. The molecule has 0 unspecified atom stereocenters. The van der Waals surface area contributed by atoms with E-state index in [-0.39, 0.29) is 12.4 Å². The number of methoxy groups -OCH3 is 2. The first-order valence-electron chi connectivity index (χ1n) is 9.05. The summed E-state index contributed by atoms with van der Waals surface area (Å²) in [7, 11) is 3.39. The number of aromatic nitrogens is 1. The molecule has 1 aliphatic rings. The van der Waals surface area contributed by atoms with Crippen LogP contribution in [0.15, 0.2) is 41.9 Å². The van der Waals surface area contributed by atoms with Crippen LogP contribution >= 0.6 is 11.3 Å². The van der Waals surface area contributed by atoms with Crippen molar-refractivity contribution < 1.29 is 26.4 Å². The van der Waals surface area contributed by atoms with Crippen molar-refractivity contribution in [2.75, 3.05) is 14.2 Å². The third-order valence-corrected chi connectivity index (χ3v) is 6.16. The van der Waals surface area contributed by atoms with Gasteiger partial charge in [-0.1, -0.05) is 23.5 Å². The van der Waals surface area contributed by atoms with E-state index in [1.165, 1.54) is 46.6 Å². The van der Waals surface area contributed by atoms with E-state index in [1.807, 2.05) is 17.4 Å². The van der Waals surface area contributed by atoms with E-state index in [1.54, 1.807) is 14.2 Å². The van der Waals surface area contributed by atoms with Crippen LogP contribution in [0.1, 0.15) is 29.0 Å². The van der Waals surface area contributed by atoms with Crippen molar-refractivity contribution in [3.8, 4) is 28.3 Å². The van der Waals surface area contributed by atoms with Crippen molar-refractivity contribution in [3.05, 3.63) is 58.0 Å². The molecule has 0 N–H and O–H groups in total. The van der Waals surface area contributed by atoms with Crippen LogP contribution in [-0.2, 0) is 12.8 Å². The zero-order chi connectivity index (χ0) is 18.1. The molecule has 0 radical (unpaired) electrons. The molecule has 2 aromatic carbocycles. The number of hydrogen-bond donors (Lipinski definition) is 0. The maximum Gasteiger partial charge on any atom is 0.231 e. The Morgan fingerprint density at radius 2 is 1.67 bits per heavy atom. The quantitative estimate of drug-likeness (QED) is 0.623. The van der Waals surface area contributed by atoms with Crippen LogP contribution < -0.4 is 26.4 Å². The lowest BCUT2D eigenvalue weighted by Gasteiger charge is -2.13. The number of benzene rings is 2. The lowest BCUT2D eigenvalue weighted by molar-refractivity contribution is -0.599. The van der Waals surface area contributed by atoms with Gasteiger partial charge in [0.2, 0.25) is 16.9 Å². The molecule has 0 saturated heterocycles. The number of hydrogen-bond acceptors (Lipinski definition) is 3. The Bertz CT molecular complexity index is 929. The minimum Gasteiger partial charge on any atom is -1.00 e. The normalized spacial score (nSPS) is 12.9. The van der Waals surface area contributed by atoms with Crippen LogP contribution in [0.4, 0.5) is 0 Å². The molecule has 4 rings (SSSR count). The number of para-hydroxylation sites is 1. The molecule has 0 bridgehead atoms. The lowest BCUT2D eigenvalue weighted by Crippen LogP contribution is -3.00. The van der Waals surface area contributed by atoms with Gasteiger partial charge in [-0.25, -0.2) is 0 Å². The highest BCUT2D eigenvalue weighted by Gasteiger charge is 2.28. The summed E-state index contributed by atoms with van der Waals surface area (Å²) in [5.41, 5.74) is 8.62. The third-order valence-electron chi connectivity index (χ3n) is 5.12. The van der Waals surface area contributed by atoms with Crippen LogP contribution in [0.5, 0.6) is 11.5 Å². The minimum atomic E-state index is 0. The second kappa shape index (κ2) is 8.32. The monoisotopic (exact) mass is 401 g/mol. The second-order valence-corrected chi connectivity index (χ2v) is 7.68. The highest BCUT2D eigenvalue weighted by Crippen LogP contribution is 2.34. The molecule has 0 amide bonds. The molecule has 1 aliphatic carbocycles. The van der Waals surface area contributed by atoms with Crippen LogP contribution in [0.2, 0.25) is 0 Å². The molecule has 3 aromatic rings. The Hall–Kier alpha value is -2.04. The van der Waals surface area contributed by atoms with Crippen molar-refractivity contribution in [2.24, 2.45) is 0 Å². The molecule has 0 spiro atoms. The molecule has 3 nitrogen and oxygen atoms in total. The fourth-order valence-electron chi connectivity index (χ4n) is 3.79. The summed E-state index contributed by atoms with van der Waals surface area (Å²) in [6, 6.07) is 12.6. The fraction of sp³-hybridized carbons (Fsp3) is 0.318.